The van der Waals surface area contributed by atoms with Crippen LogP contribution in [0.4, 0.5) is 0 Å². The first-order valence-corrected chi connectivity index (χ1v) is 4.99. The van der Waals surface area contributed by atoms with E-state index in [0.717, 1.165) is 23.6 Å². The molecule has 0 atom stereocenters. The van der Waals surface area contributed by atoms with Crippen molar-refractivity contribution in [1.82, 2.24) is 9.97 Å². The minimum Gasteiger partial charge on any atom is -1.00 e. The number of hydrogen-bond acceptors (Lipinski definition) is 2. The van der Waals surface area contributed by atoms with Crippen LogP contribution in [-0.2, 0) is 6.54 Å². The molecule has 2 aromatic heterocycles. The van der Waals surface area contributed by atoms with Crippen LogP contribution in [0, 0.1) is 13.8 Å². The molecule has 16 heavy (non-hydrogen) atoms. The summed E-state index contributed by atoms with van der Waals surface area (Å²) in [5.74, 6) is 0.828. The lowest BCUT2D eigenvalue weighted by Crippen LogP contribution is -3.00. The summed E-state index contributed by atoms with van der Waals surface area (Å²) in [5, 5.41) is 0. The van der Waals surface area contributed by atoms with Crippen LogP contribution in [0.15, 0.2) is 36.8 Å². The number of pyridine rings is 1. The van der Waals surface area contributed by atoms with Gasteiger partial charge in [0.2, 0.25) is 0 Å². The Morgan fingerprint density at radius 3 is 2.44 bits per heavy atom. The van der Waals surface area contributed by atoms with Crippen molar-refractivity contribution in [3.63, 3.8) is 0 Å². The number of hydrogen-bond donors (Lipinski definition) is 0. The highest BCUT2D eigenvalue weighted by molar-refractivity contribution is 5.14. The van der Waals surface area contributed by atoms with Crippen molar-refractivity contribution in [2.24, 2.45) is 0 Å². The monoisotopic (exact) mass is 235 g/mol. The fraction of sp³-hybridized carbons (Fsp3) is 0.250. The molecule has 2 heterocycles. The Morgan fingerprint density at radius 1 is 1.12 bits per heavy atom. The van der Waals surface area contributed by atoms with E-state index in [0.29, 0.717) is 0 Å². The van der Waals surface area contributed by atoms with Gasteiger partial charge in [0.15, 0.2) is 18.9 Å². The molecule has 2 aromatic rings. The van der Waals surface area contributed by atoms with Gasteiger partial charge in [-0.15, -0.1) is 0 Å². The molecule has 0 N–H and O–H groups in total. The van der Waals surface area contributed by atoms with Crippen molar-refractivity contribution in [2.75, 3.05) is 0 Å². The van der Waals surface area contributed by atoms with E-state index >= 15 is 0 Å². The molecule has 0 amide bonds. The summed E-state index contributed by atoms with van der Waals surface area (Å²) in [4.78, 5) is 8.56. The van der Waals surface area contributed by atoms with Gasteiger partial charge in [0.1, 0.15) is 5.82 Å². The van der Waals surface area contributed by atoms with Crippen molar-refractivity contribution in [3.05, 3.63) is 53.9 Å². The van der Waals surface area contributed by atoms with Gasteiger partial charge in [0.25, 0.3) is 0 Å². The second-order valence-corrected chi connectivity index (χ2v) is 3.58. The third-order valence-electron chi connectivity index (χ3n) is 2.33. The predicted molar refractivity (Wildman–Crippen MR) is 57.2 cm³/mol. The number of rotatable bonds is 2. The lowest BCUT2D eigenvalue weighted by atomic mass is 10.2. The van der Waals surface area contributed by atoms with E-state index in [9.17, 15) is 0 Å². The van der Waals surface area contributed by atoms with Gasteiger partial charge in [0.05, 0.1) is 11.3 Å². The van der Waals surface area contributed by atoms with Gasteiger partial charge in [-0.3, -0.25) is 0 Å². The second kappa shape index (κ2) is 5.56. The van der Waals surface area contributed by atoms with Crippen LogP contribution in [0.3, 0.4) is 0 Å². The largest absolute Gasteiger partial charge is 1.00 e. The van der Waals surface area contributed by atoms with Crippen LogP contribution in [0.2, 0.25) is 0 Å². The summed E-state index contributed by atoms with van der Waals surface area (Å²) < 4.78 is 2.11. The fourth-order valence-corrected chi connectivity index (χ4v) is 1.50. The zero-order valence-corrected chi connectivity index (χ0v) is 10.1. The van der Waals surface area contributed by atoms with Crippen LogP contribution < -0.4 is 17.0 Å². The Balaban J connectivity index is 0.00000128. The Hall–Kier alpha value is -1.48. The highest BCUT2D eigenvalue weighted by atomic mass is 35.5. The van der Waals surface area contributed by atoms with E-state index in [1.807, 2.05) is 50.6 Å². The SMILES string of the molecule is Cc1ncc(C[n+]2ccccc2)c(C)n1.[Cl-]. The average molecular weight is 236 g/mol. The second-order valence-electron chi connectivity index (χ2n) is 3.58. The number of halogens is 1. The average Bonchev–Trinajstić information content (AvgIpc) is 2.24. The first-order valence-electron chi connectivity index (χ1n) is 4.99. The van der Waals surface area contributed by atoms with E-state index in [4.69, 9.17) is 0 Å². The summed E-state index contributed by atoms with van der Waals surface area (Å²) in [6.45, 7) is 4.76. The third kappa shape index (κ3) is 3.00. The van der Waals surface area contributed by atoms with Crippen LogP contribution in [-0.4, -0.2) is 9.97 Å². The molecule has 0 fully saturated rings. The molecule has 84 valence electrons. The molecule has 0 aliphatic heterocycles. The van der Waals surface area contributed by atoms with E-state index in [2.05, 4.69) is 14.5 Å². The summed E-state index contributed by atoms with van der Waals surface area (Å²) in [5.41, 5.74) is 2.22. The van der Waals surface area contributed by atoms with Gasteiger partial charge in [-0.1, -0.05) is 6.07 Å². The van der Waals surface area contributed by atoms with Crippen molar-refractivity contribution >= 4 is 0 Å². The molecular weight excluding hydrogens is 222 g/mol. The van der Waals surface area contributed by atoms with E-state index in [-0.39, 0.29) is 12.4 Å². The molecule has 0 bridgehead atoms. The Kier molecular flexibility index (Phi) is 4.38. The Labute approximate surface area is 102 Å². The van der Waals surface area contributed by atoms with Gasteiger partial charge < -0.3 is 12.4 Å². The standard InChI is InChI=1S/C12H14N3.ClH/c1-10-12(8-13-11(2)14-10)9-15-6-4-3-5-7-15;/h3-8H,9H2,1-2H3;1H/q+1;/p-1. The van der Waals surface area contributed by atoms with Crippen molar-refractivity contribution in [3.8, 4) is 0 Å². The quantitative estimate of drug-likeness (QED) is 0.589. The molecule has 2 rings (SSSR count). The highest BCUT2D eigenvalue weighted by Gasteiger charge is 2.06. The molecule has 0 aliphatic rings. The molecule has 0 radical (unpaired) electrons. The molecule has 0 saturated heterocycles. The zero-order chi connectivity index (χ0) is 10.7. The summed E-state index contributed by atoms with van der Waals surface area (Å²) in [6, 6.07) is 6.05. The Morgan fingerprint density at radius 2 is 1.81 bits per heavy atom. The van der Waals surface area contributed by atoms with Gasteiger partial charge >= 0.3 is 0 Å². The maximum absolute atomic E-state index is 4.35. The van der Waals surface area contributed by atoms with E-state index in [1.54, 1.807) is 0 Å². The maximum Gasteiger partial charge on any atom is 0.177 e. The van der Waals surface area contributed by atoms with Crippen molar-refractivity contribution in [1.29, 1.82) is 0 Å². The molecule has 0 spiro atoms. The molecule has 0 unspecified atom stereocenters. The third-order valence-corrected chi connectivity index (χ3v) is 2.33. The van der Waals surface area contributed by atoms with Crippen molar-refractivity contribution < 1.29 is 17.0 Å². The molecule has 0 aliphatic carbocycles. The zero-order valence-electron chi connectivity index (χ0n) is 9.39. The van der Waals surface area contributed by atoms with Crippen LogP contribution in [0.25, 0.3) is 0 Å². The normalized spacial score (nSPS) is 9.62. The van der Waals surface area contributed by atoms with Crippen LogP contribution in [0.5, 0.6) is 0 Å². The van der Waals surface area contributed by atoms with Gasteiger partial charge in [-0.2, -0.15) is 0 Å². The van der Waals surface area contributed by atoms with E-state index in [1.165, 1.54) is 0 Å². The summed E-state index contributed by atoms with van der Waals surface area (Å²) in [6.07, 6.45) is 5.98. The molecule has 0 saturated carbocycles. The topological polar surface area (TPSA) is 29.7 Å². The number of aromatic nitrogens is 3. The van der Waals surface area contributed by atoms with Crippen LogP contribution in [0.1, 0.15) is 17.1 Å². The molecule has 0 aromatic carbocycles. The predicted octanol–water partition coefficient (Wildman–Crippen LogP) is -1.57. The first-order chi connectivity index (χ1) is 7.25. The number of aryl methyl sites for hydroxylation is 2. The fourth-order valence-electron chi connectivity index (χ4n) is 1.50. The van der Waals surface area contributed by atoms with E-state index < -0.39 is 0 Å². The minimum absolute atomic E-state index is 0. The summed E-state index contributed by atoms with van der Waals surface area (Å²) >= 11 is 0. The highest BCUT2D eigenvalue weighted by Crippen LogP contribution is 2.02. The van der Waals surface area contributed by atoms with Gasteiger partial charge in [-0.25, -0.2) is 14.5 Å². The van der Waals surface area contributed by atoms with Gasteiger partial charge in [0, 0.05) is 18.3 Å². The molecule has 4 heteroatoms. The lowest BCUT2D eigenvalue weighted by Gasteiger charge is -2.01. The maximum atomic E-state index is 4.35. The lowest BCUT2D eigenvalue weighted by molar-refractivity contribution is -0.688. The van der Waals surface area contributed by atoms with Gasteiger partial charge in [-0.05, 0) is 13.8 Å². The smallest absolute Gasteiger partial charge is 0.177 e. The first kappa shape index (κ1) is 12.6. The van der Waals surface area contributed by atoms with Crippen LogP contribution >= 0.6 is 0 Å². The molecular formula is C12H14ClN3. The Bertz CT molecular complexity index is 457. The minimum atomic E-state index is 0. The number of nitrogens with zero attached hydrogens (tertiary/aromatic N) is 3. The molecule has 3 nitrogen and oxygen atoms in total. The summed E-state index contributed by atoms with van der Waals surface area (Å²) in [7, 11) is 0. The van der Waals surface area contributed by atoms with Crippen molar-refractivity contribution in [2.45, 2.75) is 20.4 Å².